The molecule has 0 atom stereocenters. The number of methoxy groups -OCH3 is 8. The number of hydrogen-bond donors (Lipinski definition) is 3. The summed E-state index contributed by atoms with van der Waals surface area (Å²) in [7, 11) is 26.0. The molecule has 14 nitrogen and oxygen atoms in total. The van der Waals surface area contributed by atoms with Crippen LogP contribution >= 0.6 is 0 Å². The highest BCUT2D eigenvalue weighted by Crippen LogP contribution is 2.48. The molecule has 0 aliphatic heterocycles. The van der Waals surface area contributed by atoms with Crippen LogP contribution in [0.15, 0.2) is 328 Å². The number of aliphatic hydroxyl groups excluding tert-OH is 2. The van der Waals surface area contributed by atoms with E-state index in [4.69, 9.17) is 43.6 Å². The Morgan fingerprint density at radius 2 is 0.638 bits per heavy atom. The van der Waals surface area contributed by atoms with Crippen LogP contribution in [0.25, 0.3) is 132 Å². The molecule has 1 heterocycles. The Morgan fingerprint density at radius 3 is 1.01 bits per heavy atom. The van der Waals surface area contributed by atoms with E-state index in [1.165, 1.54) is 72.3 Å². The minimum absolute atomic E-state index is 0. The molecule has 0 bridgehead atoms. The number of rotatable bonds is 22. The number of ether oxygens (including phenoxy) is 8. The van der Waals surface area contributed by atoms with Gasteiger partial charge in [0.2, 0.25) is 0 Å². The Bertz CT molecular complexity index is 6580. The maximum absolute atomic E-state index is 9.80. The molecule has 648 valence electrons. The molecule has 0 aliphatic carbocycles. The first-order chi connectivity index (χ1) is 60.3. The van der Waals surface area contributed by atoms with Crippen molar-refractivity contribution in [3.8, 4) is 135 Å². The number of nitrogens with two attached hydrogens (primary N) is 1. The summed E-state index contributed by atoms with van der Waals surface area (Å²) in [6, 6.07) is 111. The summed E-state index contributed by atoms with van der Waals surface area (Å²) >= 11 is 0. The number of nitrogen functional groups attached to an aromatic ring is 1. The van der Waals surface area contributed by atoms with E-state index in [0.29, 0.717) is 29.4 Å². The van der Waals surface area contributed by atoms with Gasteiger partial charge in [0.25, 0.3) is 0 Å². The highest BCUT2D eigenvalue weighted by Gasteiger charge is 2.26. The molecule has 16 aromatic carbocycles. The Hall–Kier alpha value is -13.0. The van der Waals surface area contributed by atoms with E-state index < -0.39 is 0 Å². The summed E-state index contributed by atoms with van der Waals surface area (Å²) in [6.45, 7) is -0.207. The summed E-state index contributed by atoms with van der Waals surface area (Å²) < 4.78 is 47.9. The lowest BCUT2D eigenvalue weighted by Gasteiger charge is -2.26. The Kier molecular flexibility index (Phi) is 32.3. The van der Waals surface area contributed by atoms with Crippen molar-refractivity contribution < 1.29 is 101 Å². The zero-order chi connectivity index (χ0) is 87.1. The maximum Gasteiger partial charge on any atom is 0.193 e. The summed E-state index contributed by atoms with van der Waals surface area (Å²) in [4.78, 5) is 2.12. The van der Waals surface area contributed by atoms with E-state index in [-0.39, 0.29) is 68.6 Å². The number of anilines is 2. The lowest BCUT2D eigenvalue weighted by atomic mass is 9.94. The average Bonchev–Trinajstić information content (AvgIpc) is 0.775. The van der Waals surface area contributed by atoms with Crippen molar-refractivity contribution in [3.63, 3.8) is 0 Å². The summed E-state index contributed by atoms with van der Waals surface area (Å²) in [5.41, 5.74) is 31.5. The maximum atomic E-state index is 9.80. The van der Waals surface area contributed by atoms with Gasteiger partial charge in [-0.3, -0.25) is 4.48 Å². The first kappa shape index (κ1) is 94.7. The molecule has 0 unspecified atom stereocenters. The van der Waals surface area contributed by atoms with Crippen LogP contribution in [0.3, 0.4) is 0 Å². The largest absolute Gasteiger partial charge is 1.00 e. The van der Waals surface area contributed by atoms with Gasteiger partial charge < -0.3 is 107 Å². The summed E-state index contributed by atoms with van der Waals surface area (Å²) in [6.07, 6.45) is 2.68. The fourth-order valence-electron chi connectivity index (χ4n) is 16.3. The minimum atomic E-state index is -0.112. The Labute approximate surface area is 781 Å². The van der Waals surface area contributed by atoms with Gasteiger partial charge in [0.1, 0.15) is 12.7 Å². The molecule has 17 rings (SSSR count). The van der Waals surface area contributed by atoms with Crippen molar-refractivity contribution in [3.05, 3.63) is 350 Å². The van der Waals surface area contributed by atoms with Gasteiger partial charge in [0, 0.05) is 64.7 Å². The van der Waals surface area contributed by atoms with Crippen molar-refractivity contribution >= 4 is 60.2 Å². The Morgan fingerprint density at radius 1 is 0.307 bits per heavy atom. The predicted molar refractivity (Wildman–Crippen MR) is 519 cm³/mol. The summed E-state index contributed by atoms with van der Waals surface area (Å²) in [5, 5.41) is 28.0. The molecule has 17 aromatic rings. The van der Waals surface area contributed by atoms with Crippen molar-refractivity contribution in [2.75, 3.05) is 103 Å². The standard InChI is InChI=1S/C33H32NO4.C27H28NO2.C26H25NO2.C24H21NO2.CH4.2HI/c1-34-16-15-28-30(31(34)18-22-9-10-26(20-35)27(17-22)21-36)19-29(33(38-3)32(28)37-2)25-13-11-24(12-14-25)23-7-5-4-6-8-23;1-28(2,3)25-16-15-22(23-17-26(29-4)27(30-5)18-24(23)25)21-13-11-20(12-14-21)19-9-7-6-8-10-19;1-27(2)24-15-14-21(22-16-25(28-3)26(29-4)17-23(22)24)20-12-10-19(11-13-20)18-8-6-5-7-9-18;1-26-23-14-20-19(12-13-22(25)21(20)15-24(23)27-2)18-10-8-17(9-11-18)16-6-4-3-5-7-16;;;/h4-17,19,35-36H,18,20-21H2,1-3H3;6-18H,1-5H3;5-17H,1-4H3;3-15H,25H2,1-2H3;1H4;2*1H/q2*+1;;;;;/p-2. The zero-order valence-electron chi connectivity index (χ0n) is 73.6. The second-order valence-corrected chi connectivity index (χ2v) is 31.3. The van der Waals surface area contributed by atoms with Crippen LogP contribution in [0.4, 0.5) is 17.1 Å². The number of benzene rings is 16. The van der Waals surface area contributed by atoms with E-state index in [2.05, 4.69) is 293 Å². The van der Waals surface area contributed by atoms with Gasteiger partial charge >= 0.3 is 0 Å². The van der Waals surface area contributed by atoms with Gasteiger partial charge in [-0.15, -0.1) is 0 Å². The SMILES string of the molecule is C.COc1c(-c2ccc(-c3ccccc3)cc2)cc2c(Cc3ccc(CO)c(CO)c3)[n+](C)ccc2c1OC.COc1cc2c(-c3ccc(-c4ccccc4)cc3)ccc(N(C)C)c2cc1OC.COc1cc2c(-c3ccc(-c4ccccc4)cc3)ccc([N+](C)(C)C)c2cc1OC.COc1cc2c(N)ccc(-c3ccc(-c4ccccc4)cc3)c2cc1OC.[I-].[I-]. The number of aromatic nitrogens is 1. The lowest BCUT2D eigenvalue weighted by Crippen LogP contribution is -3.00. The van der Waals surface area contributed by atoms with Crippen molar-refractivity contribution in [1.29, 1.82) is 0 Å². The van der Waals surface area contributed by atoms with Crippen molar-refractivity contribution in [1.82, 2.24) is 4.48 Å². The van der Waals surface area contributed by atoms with Gasteiger partial charge in [-0.1, -0.05) is 256 Å². The molecule has 0 spiro atoms. The fraction of sp³-hybridized carbons (Fsp3) is 0.162. The fourth-order valence-corrected chi connectivity index (χ4v) is 16.3. The van der Waals surface area contributed by atoms with Crippen molar-refractivity contribution in [2.24, 2.45) is 7.05 Å². The molecule has 1 aromatic heterocycles. The third kappa shape index (κ3) is 20.9. The number of nitrogens with zero attached hydrogens (tertiary/aromatic N) is 3. The molecule has 0 amide bonds. The molecule has 0 aliphatic rings. The summed E-state index contributed by atoms with van der Waals surface area (Å²) in [5.74, 6) is 5.72. The van der Waals surface area contributed by atoms with E-state index >= 15 is 0 Å². The lowest BCUT2D eigenvalue weighted by molar-refractivity contribution is -0.677. The minimum Gasteiger partial charge on any atom is -1.00 e. The topological polar surface area (TPSA) is 147 Å². The van der Waals surface area contributed by atoms with Gasteiger partial charge in [-0.2, -0.15) is 0 Å². The van der Waals surface area contributed by atoms with Gasteiger partial charge in [-0.05, 0) is 177 Å². The number of fused-ring (bicyclic) bond motifs is 4. The molecular weight excluding hydrogens is 1800 g/mol. The third-order valence-electron chi connectivity index (χ3n) is 22.8. The average molecular weight is 1910 g/mol. The van der Waals surface area contributed by atoms with Gasteiger partial charge in [0.05, 0.1) is 103 Å². The van der Waals surface area contributed by atoms with Crippen molar-refractivity contribution in [2.45, 2.75) is 27.1 Å². The molecule has 127 heavy (non-hydrogen) atoms. The quantitative estimate of drug-likeness (QED) is 0.0257. The molecule has 16 heteroatoms. The van der Waals surface area contributed by atoms with E-state index in [0.717, 1.165) is 127 Å². The highest BCUT2D eigenvalue weighted by molar-refractivity contribution is 6.08. The number of aliphatic hydroxyl groups is 2. The van der Waals surface area contributed by atoms with Crippen LogP contribution < -0.4 is 106 Å². The number of aryl methyl sites for hydroxylation is 1. The zero-order valence-corrected chi connectivity index (χ0v) is 77.9. The Balaban J connectivity index is 0.000000164. The number of pyridine rings is 1. The monoisotopic (exact) mass is 1910 g/mol. The third-order valence-corrected chi connectivity index (χ3v) is 22.8. The van der Waals surface area contributed by atoms with Gasteiger partial charge in [-0.25, -0.2) is 4.57 Å². The van der Waals surface area contributed by atoms with Crippen LogP contribution in [0.5, 0.6) is 46.0 Å². The molecule has 0 saturated carbocycles. The second kappa shape index (κ2) is 43.3. The van der Waals surface area contributed by atoms with Crippen LogP contribution in [0.1, 0.15) is 29.8 Å². The molecule has 0 radical (unpaired) electrons. The van der Waals surface area contributed by atoms with E-state index in [9.17, 15) is 10.2 Å². The highest BCUT2D eigenvalue weighted by atomic mass is 127. The van der Waals surface area contributed by atoms with Crippen LogP contribution in [0, 0.1) is 0 Å². The van der Waals surface area contributed by atoms with E-state index in [1.807, 2.05) is 86.0 Å². The smallest absolute Gasteiger partial charge is 0.193 e. The molecule has 0 fully saturated rings. The number of hydrogen-bond acceptors (Lipinski definition) is 12. The number of halogens is 2. The molecular formula is C111H110I2N4O10. The predicted octanol–water partition coefficient (Wildman–Crippen LogP) is 18.7. The first-order valence-electron chi connectivity index (χ1n) is 41.2. The van der Waals surface area contributed by atoms with Crippen LogP contribution in [-0.4, -0.2) is 102 Å². The first-order valence-corrected chi connectivity index (χ1v) is 41.2. The van der Waals surface area contributed by atoms with Crippen LogP contribution in [0.2, 0.25) is 0 Å². The molecule has 4 N–H and O–H groups in total. The normalized spacial score (nSPS) is 10.8. The van der Waals surface area contributed by atoms with Crippen LogP contribution in [-0.2, 0) is 26.7 Å². The molecule has 0 saturated heterocycles. The van der Waals surface area contributed by atoms with E-state index in [1.54, 1.807) is 56.9 Å². The number of quaternary nitrogens is 1. The second-order valence-electron chi connectivity index (χ2n) is 31.3. The van der Waals surface area contributed by atoms with Gasteiger partial charge in [0.15, 0.2) is 57.9 Å².